The Kier molecular flexibility index (Phi) is 7.54. The molecule has 0 aliphatic rings. The van der Waals surface area contributed by atoms with Gasteiger partial charge in [-0.2, -0.15) is 9.40 Å². The second-order valence-electron chi connectivity index (χ2n) is 8.39. The number of sulfonamides is 1. The molecule has 2 aromatic carbocycles. The first-order valence-electron chi connectivity index (χ1n) is 11.7. The fourth-order valence-electron chi connectivity index (χ4n) is 4.23. The second kappa shape index (κ2) is 10.5. The Balaban J connectivity index is 1.97. The van der Waals surface area contributed by atoms with Gasteiger partial charge in [0.1, 0.15) is 10.6 Å². The summed E-state index contributed by atoms with van der Waals surface area (Å²) < 4.78 is 35.3. The molecule has 4 aromatic rings. The number of rotatable bonds is 8. The molecular formula is C26H28ClN5O4S. The lowest BCUT2D eigenvalue weighted by atomic mass is 10.0. The molecule has 0 fully saturated rings. The predicted octanol–water partition coefficient (Wildman–Crippen LogP) is 4.96. The lowest BCUT2D eigenvalue weighted by molar-refractivity contribution is 0.102. The third kappa shape index (κ3) is 4.92. The summed E-state index contributed by atoms with van der Waals surface area (Å²) in [6.45, 7) is 7.85. The van der Waals surface area contributed by atoms with Gasteiger partial charge in [0, 0.05) is 24.5 Å². The molecule has 0 saturated carbocycles. The molecule has 0 radical (unpaired) electrons. The van der Waals surface area contributed by atoms with Gasteiger partial charge in [-0.1, -0.05) is 43.6 Å². The molecule has 0 atom stereocenters. The Hall–Kier alpha value is -3.47. The van der Waals surface area contributed by atoms with Crippen LogP contribution in [0.3, 0.4) is 0 Å². The zero-order valence-electron chi connectivity index (χ0n) is 21.2. The Morgan fingerprint density at radius 3 is 2.46 bits per heavy atom. The zero-order chi connectivity index (χ0) is 26.9. The van der Waals surface area contributed by atoms with Gasteiger partial charge in [0.15, 0.2) is 11.3 Å². The second-order valence-corrected chi connectivity index (χ2v) is 10.7. The van der Waals surface area contributed by atoms with E-state index in [-0.39, 0.29) is 16.3 Å². The average molecular weight is 542 g/mol. The van der Waals surface area contributed by atoms with Crippen LogP contribution in [0, 0.1) is 13.8 Å². The minimum Gasteiger partial charge on any atom is -0.495 e. The van der Waals surface area contributed by atoms with Gasteiger partial charge in [0.2, 0.25) is 10.0 Å². The molecule has 2 aromatic heterocycles. The average Bonchev–Trinajstić information content (AvgIpc) is 3.25. The SMILES string of the molecule is CCN(CC)S(=O)(=O)c1cc(-c2c(C(=O)Nc3ccccc3Cl)nn3c(C)cc(C)nc23)ccc1OC. The minimum absolute atomic E-state index is 0.00242. The molecule has 0 spiro atoms. The van der Waals surface area contributed by atoms with Crippen molar-refractivity contribution >= 4 is 38.9 Å². The predicted molar refractivity (Wildman–Crippen MR) is 144 cm³/mol. The van der Waals surface area contributed by atoms with E-state index in [2.05, 4.69) is 15.4 Å². The first kappa shape index (κ1) is 26.6. The van der Waals surface area contributed by atoms with Crippen LogP contribution in [0.4, 0.5) is 5.69 Å². The zero-order valence-corrected chi connectivity index (χ0v) is 22.8. The van der Waals surface area contributed by atoms with Crippen LogP contribution in [0.25, 0.3) is 16.8 Å². The number of benzene rings is 2. The molecule has 0 unspecified atom stereocenters. The monoisotopic (exact) mass is 541 g/mol. The number of hydrogen-bond donors (Lipinski definition) is 1. The molecule has 0 bridgehead atoms. The number of ether oxygens (including phenoxy) is 1. The van der Waals surface area contributed by atoms with Crippen LogP contribution in [0.15, 0.2) is 53.4 Å². The van der Waals surface area contributed by atoms with Crippen LogP contribution in [-0.4, -0.2) is 53.4 Å². The first-order valence-corrected chi connectivity index (χ1v) is 13.6. The maximum absolute atomic E-state index is 13.5. The van der Waals surface area contributed by atoms with E-state index in [1.165, 1.54) is 17.5 Å². The third-order valence-electron chi connectivity index (χ3n) is 6.01. The molecule has 11 heteroatoms. The number of aryl methyl sites for hydroxylation is 2. The molecule has 0 aliphatic carbocycles. The van der Waals surface area contributed by atoms with Crippen molar-refractivity contribution in [3.63, 3.8) is 0 Å². The molecular weight excluding hydrogens is 514 g/mol. The van der Waals surface area contributed by atoms with E-state index in [1.54, 1.807) is 54.8 Å². The number of carbonyl (C=O) groups excluding carboxylic acids is 1. The summed E-state index contributed by atoms with van der Waals surface area (Å²) in [4.78, 5) is 18.2. The quantitative estimate of drug-likeness (QED) is 0.338. The number of methoxy groups -OCH3 is 1. The molecule has 37 heavy (non-hydrogen) atoms. The van der Waals surface area contributed by atoms with Crippen molar-refractivity contribution in [2.24, 2.45) is 0 Å². The molecule has 194 valence electrons. The van der Waals surface area contributed by atoms with Gasteiger partial charge in [-0.3, -0.25) is 4.79 Å². The van der Waals surface area contributed by atoms with Crippen molar-refractivity contribution in [1.29, 1.82) is 0 Å². The van der Waals surface area contributed by atoms with E-state index >= 15 is 0 Å². The molecule has 9 nitrogen and oxygen atoms in total. The number of fused-ring (bicyclic) bond motifs is 1. The summed E-state index contributed by atoms with van der Waals surface area (Å²) in [7, 11) is -2.45. The van der Waals surface area contributed by atoms with Crippen LogP contribution in [0.1, 0.15) is 35.7 Å². The molecule has 0 aliphatic heterocycles. The van der Waals surface area contributed by atoms with Crippen LogP contribution in [0.2, 0.25) is 5.02 Å². The maximum atomic E-state index is 13.5. The van der Waals surface area contributed by atoms with Crippen molar-refractivity contribution in [3.8, 4) is 16.9 Å². The Morgan fingerprint density at radius 2 is 1.81 bits per heavy atom. The van der Waals surface area contributed by atoms with Crippen molar-refractivity contribution in [2.45, 2.75) is 32.6 Å². The number of carbonyl (C=O) groups is 1. The molecule has 4 rings (SSSR count). The number of hydrogen-bond acceptors (Lipinski definition) is 6. The van der Waals surface area contributed by atoms with Crippen LogP contribution in [0.5, 0.6) is 5.75 Å². The van der Waals surface area contributed by atoms with E-state index in [9.17, 15) is 13.2 Å². The number of para-hydroxylation sites is 1. The van der Waals surface area contributed by atoms with Gasteiger partial charge in [-0.25, -0.2) is 17.9 Å². The van der Waals surface area contributed by atoms with Gasteiger partial charge in [-0.05, 0) is 49.7 Å². The fraction of sp³-hybridized carbons (Fsp3) is 0.269. The first-order chi connectivity index (χ1) is 17.6. The Morgan fingerprint density at radius 1 is 1.11 bits per heavy atom. The van der Waals surface area contributed by atoms with Crippen LogP contribution in [-0.2, 0) is 10.0 Å². The van der Waals surface area contributed by atoms with Gasteiger partial charge < -0.3 is 10.1 Å². The number of aromatic nitrogens is 3. The number of nitrogens with one attached hydrogen (secondary N) is 1. The van der Waals surface area contributed by atoms with E-state index in [4.69, 9.17) is 16.3 Å². The van der Waals surface area contributed by atoms with Gasteiger partial charge in [-0.15, -0.1) is 0 Å². The van der Waals surface area contributed by atoms with Gasteiger partial charge in [0.05, 0.1) is 23.4 Å². The summed E-state index contributed by atoms with van der Waals surface area (Å²) >= 11 is 6.26. The van der Waals surface area contributed by atoms with Crippen molar-refractivity contribution in [1.82, 2.24) is 18.9 Å². The number of halogens is 1. The standard InChI is InChI=1S/C26H28ClN5O4S/c1-6-31(7-2)37(34,35)22-15-18(12-13-21(22)36-5)23-24(26(33)29-20-11-9-8-10-19(20)27)30-32-17(4)14-16(3)28-25(23)32/h8-15H,6-7H2,1-5H3,(H,29,33). The van der Waals surface area contributed by atoms with Crippen molar-refractivity contribution < 1.29 is 17.9 Å². The van der Waals surface area contributed by atoms with E-state index in [0.29, 0.717) is 40.6 Å². The lowest BCUT2D eigenvalue weighted by Crippen LogP contribution is -2.30. The highest BCUT2D eigenvalue weighted by molar-refractivity contribution is 7.89. The molecule has 2 heterocycles. The smallest absolute Gasteiger partial charge is 0.276 e. The third-order valence-corrected chi connectivity index (χ3v) is 8.41. The topological polar surface area (TPSA) is 106 Å². The highest BCUT2D eigenvalue weighted by atomic mass is 35.5. The lowest BCUT2D eigenvalue weighted by Gasteiger charge is -2.20. The number of amides is 1. The van der Waals surface area contributed by atoms with Gasteiger partial charge in [0.25, 0.3) is 5.91 Å². The Labute approximate surface area is 221 Å². The fourth-order valence-corrected chi connectivity index (χ4v) is 6.05. The van der Waals surface area contributed by atoms with Crippen molar-refractivity contribution in [2.75, 3.05) is 25.5 Å². The maximum Gasteiger partial charge on any atom is 0.276 e. The number of anilines is 1. The Bertz CT molecular complexity index is 1600. The minimum atomic E-state index is -3.87. The van der Waals surface area contributed by atoms with Crippen LogP contribution >= 0.6 is 11.6 Å². The van der Waals surface area contributed by atoms with Gasteiger partial charge >= 0.3 is 0 Å². The molecule has 0 saturated heterocycles. The van der Waals surface area contributed by atoms with E-state index in [1.807, 2.05) is 19.9 Å². The van der Waals surface area contributed by atoms with Crippen LogP contribution < -0.4 is 10.1 Å². The summed E-state index contributed by atoms with van der Waals surface area (Å²) in [6, 6.07) is 13.5. The summed E-state index contributed by atoms with van der Waals surface area (Å²) in [6.07, 6.45) is 0. The highest BCUT2D eigenvalue weighted by Gasteiger charge is 2.29. The normalized spacial score (nSPS) is 11.8. The van der Waals surface area contributed by atoms with Crippen molar-refractivity contribution in [3.05, 3.63) is 70.6 Å². The van der Waals surface area contributed by atoms with E-state index in [0.717, 1.165) is 11.4 Å². The highest BCUT2D eigenvalue weighted by Crippen LogP contribution is 2.36. The molecule has 1 N–H and O–H groups in total. The molecule has 1 amide bonds. The summed E-state index contributed by atoms with van der Waals surface area (Å²) in [5.41, 5.74) is 3.30. The van der Waals surface area contributed by atoms with E-state index < -0.39 is 15.9 Å². The summed E-state index contributed by atoms with van der Waals surface area (Å²) in [5.74, 6) is -0.302. The summed E-state index contributed by atoms with van der Waals surface area (Å²) in [5, 5.41) is 7.75. The number of nitrogens with zero attached hydrogens (tertiary/aromatic N) is 4. The largest absolute Gasteiger partial charge is 0.495 e.